The monoisotopic (exact) mass is 317 g/mol. The first-order chi connectivity index (χ1) is 10.2. The minimum Gasteiger partial charge on any atom is -0.266 e. The first-order valence-electron chi connectivity index (χ1n) is 6.48. The van der Waals surface area contributed by atoms with Gasteiger partial charge in [-0.1, -0.05) is 48.5 Å². The average Bonchev–Trinajstić information content (AvgIpc) is 2.50. The second-order valence-electron chi connectivity index (χ2n) is 4.29. The zero-order valence-corrected chi connectivity index (χ0v) is 12.9. The smallest absolute Gasteiger partial charge is 0.266 e. The van der Waals surface area contributed by atoms with Gasteiger partial charge in [-0.15, -0.1) is 0 Å². The highest BCUT2D eigenvalue weighted by Gasteiger charge is 2.15. The number of aromatic nitrogens is 3. The molecule has 0 aliphatic carbocycles. The van der Waals surface area contributed by atoms with Crippen LogP contribution in [0, 0.1) is 0 Å². The summed E-state index contributed by atoms with van der Waals surface area (Å²) in [6, 6.07) is 11.1. The summed E-state index contributed by atoms with van der Waals surface area (Å²) in [5, 5.41) is 1.06. The van der Waals surface area contributed by atoms with Crippen LogP contribution in [0.25, 0.3) is 16.7 Å². The van der Waals surface area contributed by atoms with Crippen molar-refractivity contribution in [1.82, 2.24) is 14.5 Å². The Morgan fingerprint density at radius 1 is 1.19 bits per heavy atom. The number of thioether (sulfide) groups is 1. The van der Waals surface area contributed by atoms with Crippen LogP contribution >= 0.6 is 23.4 Å². The molecule has 0 aliphatic heterocycles. The molecule has 6 heteroatoms. The lowest BCUT2D eigenvalue weighted by Crippen LogP contribution is -2.22. The zero-order valence-electron chi connectivity index (χ0n) is 11.3. The molecule has 3 rings (SSSR count). The van der Waals surface area contributed by atoms with Crippen molar-refractivity contribution >= 4 is 34.4 Å². The van der Waals surface area contributed by atoms with E-state index in [9.17, 15) is 4.79 Å². The Kier molecular flexibility index (Phi) is 3.94. The van der Waals surface area contributed by atoms with Crippen molar-refractivity contribution in [3.05, 3.63) is 58.0 Å². The van der Waals surface area contributed by atoms with E-state index < -0.39 is 0 Å². The number of hydrogen-bond acceptors (Lipinski definition) is 4. The van der Waals surface area contributed by atoms with Crippen LogP contribution in [-0.4, -0.2) is 20.3 Å². The number of benzene rings is 1. The maximum Gasteiger partial charge on any atom is 0.285 e. The molecule has 0 unspecified atom stereocenters. The fraction of sp³-hybridized carbons (Fsp3) is 0.133. The summed E-state index contributed by atoms with van der Waals surface area (Å²) in [5.41, 5.74) is 1.30. The van der Waals surface area contributed by atoms with E-state index in [1.165, 1.54) is 18.0 Å². The van der Waals surface area contributed by atoms with E-state index in [4.69, 9.17) is 11.6 Å². The van der Waals surface area contributed by atoms with Gasteiger partial charge in [0, 0.05) is 6.20 Å². The number of nitrogens with zero attached hydrogens (tertiary/aromatic N) is 3. The number of hydrogen-bond donors (Lipinski definition) is 0. The Balaban J connectivity index is 2.40. The van der Waals surface area contributed by atoms with E-state index in [-0.39, 0.29) is 11.1 Å². The van der Waals surface area contributed by atoms with E-state index in [1.54, 1.807) is 10.6 Å². The molecule has 0 saturated heterocycles. The van der Waals surface area contributed by atoms with Gasteiger partial charge in [0.15, 0.2) is 10.7 Å². The topological polar surface area (TPSA) is 47.8 Å². The van der Waals surface area contributed by atoms with Gasteiger partial charge in [0.25, 0.3) is 5.56 Å². The fourth-order valence-corrected chi connectivity index (χ4v) is 2.98. The van der Waals surface area contributed by atoms with Crippen LogP contribution in [-0.2, 0) is 0 Å². The zero-order chi connectivity index (χ0) is 14.8. The molecule has 0 fully saturated rings. The normalized spacial score (nSPS) is 11.0. The molecule has 4 nitrogen and oxygen atoms in total. The third-order valence-corrected chi connectivity index (χ3v) is 4.09. The van der Waals surface area contributed by atoms with E-state index in [0.29, 0.717) is 15.7 Å². The molecule has 0 N–H and O–H groups in total. The Morgan fingerprint density at radius 2 is 1.95 bits per heavy atom. The summed E-state index contributed by atoms with van der Waals surface area (Å²) in [7, 11) is 0. The number of rotatable bonds is 3. The van der Waals surface area contributed by atoms with Gasteiger partial charge < -0.3 is 0 Å². The standard InChI is InChI=1S/C15H12ClN3OS/c1-2-21-15-18-12-11(16)8-9-17-13(12)14(20)19(15)10-6-4-3-5-7-10/h3-9H,2H2,1H3. The molecule has 3 aromatic rings. The molecule has 2 heterocycles. The molecule has 0 radical (unpaired) electrons. The van der Waals surface area contributed by atoms with Crippen molar-refractivity contribution in [2.24, 2.45) is 0 Å². The lowest BCUT2D eigenvalue weighted by molar-refractivity contribution is 0.816. The molecule has 0 amide bonds. The van der Waals surface area contributed by atoms with E-state index in [0.717, 1.165) is 11.4 Å². The predicted molar refractivity (Wildman–Crippen MR) is 86.5 cm³/mol. The van der Waals surface area contributed by atoms with Gasteiger partial charge in [0.1, 0.15) is 5.52 Å². The highest BCUT2D eigenvalue weighted by molar-refractivity contribution is 7.99. The quantitative estimate of drug-likeness (QED) is 0.547. The number of pyridine rings is 1. The fourth-order valence-electron chi connectivity index (χ4n) is 2.06. The molecule has 1 aromatic carbocycles. The molecular formula is C15H12ClN3OS. The Labute approximate surface area is 130 Å². The van der Waals surface area contributed by atoms with Gasteiger partial charge in [-0.25, -0.2) is 9.97 Å². The third kappa shape index (κ3) is 2.54. The lowest BCUT2D eigenvalue weighted by Gasteiger charge is -2.12. The summed E-state index contributed by atoms with van der Waals surface area (Å²) in [5.74, 6) is 0.808. The largest absolute Gasteiger partial charge is 0.285 e. The lowest BCUT2D eigenvalue weighted by atomic mass is 10.3. The number of halogens is 1. The Hall–Kier alpha value is -1.85. The van der Waals surface area contributed by atoms with Gasteiger partial charge in [0.05, 0.1) is 10.7 Å². The van der Waals surface area contributed by atoms with Crippen molar-refractivity contribution in [3.8, 4) is 5.69 Å². The van der Waals surface area contributed by atoms with Gasteiger partial charge >= 0.3 is 0 Å². The third-order valence-electron chi connectivity index (χ3n) is 2.97. The van der Waals surface area contributed by atoms with E-state index in [1.807, 2.05) is 37.3 Å². The van der Waals surface area contributed by atoms with Crippen LogP contribution in [0.1, 0.15) is 6.92 Å². The summed E-state index contributed by atoms with van der Waals surface area (Å²) < 4.78 is 1.58. The van der Waals surface area contributed by atoms with Crippen molar-refractivity contribution in [3.63, 3.8) is 0 Å². The van der Waals surface area contributed by atoms with Crippen molar-refractivity contribution < 1.29 is 0 Å². The SMILES string of the molecule is CCSc1nc2c(Cl)ccnc2c(=O)n1-c1ccccc1. The molecule has 0 saturated carbocycles. The Bertz CT molecular complexity index is 849. The summed E-state index contributed by atoms with van der Waals surface area (Å²) in [6.45, 7) is 2.02. The molecule has 21 heavy (non-hydrogen) atoms. The first-order valence-corrected chi connectivity index (χ1v) is 7.84. The molecule has 0 bridgehead atoms. The average molecular weight is 318 g/mol. The van der Waals surface area contributed by atoms with E-state index >= 15 is 0 Å². The summed E-state index contributed by atoms with van der Waals surface area (Å²) in [6.07, 6.45) is 1.52. The predicted octanol–water partition coefficient (Wildman–Crippen LogP) is 3.55. The summed E-state index contributed by atoms with van der Waals surface area (Å²) in [4.78, 5) is 21.4. The van der Waals surface area contributed by atoms with Crippen LogP contribution in [0.3, 0.4) is 0 Å². The number of para-hydroxylation sites is 1. The maximum absolute atomic E-state index is 12.8. The van der Waals surface area contributed by atoms with Crippen LogP contribution in [0.2, 0.25) is 5.02 Å². The van der Waals surface area contributed by atoms with Gasteiger partial charge in [-0.2, -0.15) is 0 Å². The highest BCUT2D eigenvalue weighted by atomic mass is 35.5. The maximum atomic E-state index is 12.8. The first kappa shape index (κ1) is 14.1. The second kappa shape index (κ2) is 5.87. The van der Waals surface area contributed by atoms with Crippen LogP contribution in [0.15, 0.2) is 52.5 Å². The van der Waals surface area contributed by atoms with Crippen LogP contribution in [0.5, 0.6) is 0 Å². The molecule has 2 aromatic heterocycles. The van der Waals surface area contributed by atoms with E-state index in [2.05, 4.69) is 9.97 Å². The molecular weight excluding hydrogens is 306 g/mol. The van der Waals surface area contributed by atoms with Crippen LogP contribution in [0.4, 0.5) is 0 Å². The summed E-state index contributed by atoms with van der Waals surface area (Å²) >= 11 is 7.64. The van der Waals surface area contributed by atoms with Gasteiger partial charge in [0.2, 0.25) is 0 Å². The second-order valence-corrected chi connectivity index (χ2v) is 5.93. The number of fused-ring (bicyclic) bond motifs is 1. The molecule has 0 atom stereocenters. The van der Waals surface area contributed by atoms with Crippen LogP contribution < -0.4 is 5.56 Å². The molecule has 106 valence electrons. The van der Waals surface area contributed by atoms with Crippen molar-refractivity contribution in [1.29, 1.82) is 0 Å². The molecule has 0 spiro atoms. The van der Waals surface area contributed by atoms with Gasteiger partial charge in [-0.05, 0) is 24.0 Å². The van der Waals surface area contributed by atoms with Crippen molar-refractivity contribution in [2.45, 2.75) is 12.1 Å². The Morgan fingerprint density at radius 3 is 2.67 bits per heavy atom. The minimum atomic E-state index is -0.204. The minimum absolute atomic E-state index is 0.204. The highest BCUT2D eigenvalue weighted by Crippen LogP contribution is 2.23. The van der Waals surface area contributed by atoms with Gasteiger partial charge in [-0.3, -0.25) is 9.36 Å². The van der Waals surface area contributed by atoms with Crippen molar-refractivity contribution in [2.75, 3.05) is 5.75 Å². The molecule has 0 aliphatic rings.